The topological polar surface area (TPSA) is 73.6 Å². The van der Waals surface area contributed by atoms with Crippen LogP contribution in [0.25, 0.3) is 0 Å². The molecule has 0 atom stereocenters. The highest BCUT2D eigenvalue weighted by molar-refractivity contribution is 5.77. The zero-order valence-corrected chi connectivity index (χ0v) is 11.6. The van der Waals surface area contributed by atoms with Crippen molar-refractivity contribution in [1.82, 2.24) is 5.32 Å². The second-order valence-electron chi connectivity index (χ2n) is 4.23. The minimum atomic E-state index is -0.154. The summed E-state index contributed by atoms with van der Waals surface area (Å²) < 4.78 is 10.5. The van der Waals surface area contributed by atoms with Gasteiger partial charge in [-0.3, -0.25) is 4.79 Å². The largest absolute Gasteiger partial charge is 0.483 e. The summed E-state index contributed by atoms with van der Waals surface area (Å²) in [4.78, 5) is 11.6. The number of para-hydroxylation sites is 1. The number of ether oxygens (including phenoxy) is 2. The summed E-state index contributed by atoms with van der Waals surface area (Å²) in [6.45, 7) is 3.50. The minimum absolute atomic E-state index is 0.00609. The number of rotatable bonds is 8. The molecule has 19 heavy (non-hydrogen) atoms. The normalized spacial score (nSPS) is 10.3. The van der Waals surface area contributed by atoms with E-state index in [-0.39, 0.29) is 12.5 Å². The summed E-state index contributed by atoms with van der Waals surface area (Å²) in [5.41, 5.74) is 7.61. The van der Waals surface area contributed by atoms with Crippen molar-refractivity contribution in [1.29, 1.82) is 0 Å². The van der Waals surface area contributed by atoms with Crippen molar-refractivity contribution >= 4 is 5.91 Å². The van der Waals surface area contributed by atoms with Gasteiger partial charge in [-0.1, -0.05) is 18.2 Å². The fourth-order valence-electron chi connectivity index (χ4n) is 1.75. The molecule has 1 rings (SSSR count). The summed E-state index contributed by atoms with van der Waals surface area (Å²) >= 11 is 0. The van der Waals surface area contributed by atoms with Gasteiger partial charge in [0.25, 0.3) is 5.91 Å². The Kier molecular flexibility index (Phi) is 6.92. The number of hydrogen-bond donors (Lipinski definition) is 2. The van der Waals surface area contributed by atoms with Crippen LogP contribution in [0.5, 0.6) is 5.75 Å². The molecule has 0 fully saturated rings. The summed E-state index contributed by atoms with van der Waals surface area (Å²) in [6, 6.07) is 5.89. The first-order chi connectivity index (χ1) is 9.19. The number of nitrogens with one attached hydrogen (secondary N) is 1. The van der Waals surface area contributed by atoms with Gasteiger partial charge in [-0.25, -0.2) is 0 Å². The van der Waals surface area contributed by atoms with Crippen LogP contribution in [0.1, 0.15) is 11.1 Å². The van der Waals surface area contributed by atoms with Gasteiger partial charge in [-0.05, 0) is 31.0 Å². The summed E-state index contributed by atoms with van der Waals surface area (Å²) in [5, 5.41) is 2.71. The molecule has 0 aliphatic heterocycles. The van der Waals surface area contributed by atoms with Gasteiger partial charge in [0.1, 0.15) is 5.75 Å². The van der Waals surface area contributed by atoms with E-state index in [1.165, 1.54) is 0 Å². The molecule has 0 aliphatic carbocycles. The molecule has 0 bridgehead atoms. The van der Waals surface area contributed by atoms with Crippen LogP contribution in [0, 0.1) is 6.92 Å². The van der Waals surface area contributed by atoms with Gasteiger partial charge in [0.15, 0.2) is 6.61 Å². The molecule has 5 heteroatoms. The first kappa shape index (κ1) is 15.5. The van der Waals surface area contributed by atoms with Crippen LogP contribution < -0.4 is 15.8 Å². The molecule has 1 amide bonds. The van der Waals surface area contributed by atoms with Crippen LogP contribution in [0.3, 0.4) is 0 Å². The van der Waals surface area contributed by atoms with Crippen molar-refractivity contribution in [3.05, 3.63) is 29.3 Å². The second kappa shape index (κ2) is 8.50. The van der Waals surface area contributed by atoms with Crippen LogP contribution in [0.15, 0.2) is 18.2 Å². The number of hydrogen-bond acceptors (Lipinski definition) is 4. The maximum absolute atomic E-state index is 11.6. The molecule has 0 radical (unpaired) electrons. The van der Waals surface area contributed by atoms with E-state index in [0.717, 1.165) is 23.3 Å². The number of nitrogens with two attached hydrogens (primary N) is 1. The molecule has 1 aromatic carbocycles. The van der Waals surface area contributed by atoms with E-state index in [0.29, 0.717) is 19.7 Å². The molecular weight excluding hydrogens is 244 g/mol. The lowest BCUT2D eigenvalue weighted by Gasteiger charge is -2.13. The number of amides is 1. The number of methoxy groups -OCH3 is 1. The van der Waals surface area contributed by atoms with Gasteiger partial charge in [0.05, 0.1) is 6.61 Å². The SMILES string of the molecule is COCCNC(=O)COc1c(C)cccc1CCN. The zero-order chi connectivity index (χ0) is 14.1. The number of benzene rings is 1. The van der Waals surface area contributed by atoms with Gasteiger partial charge in [-0.2, -0.15) is 0 Å². The number of carbonyl (C=O) groups is 1. The second-order valence-corrected chi connectivity index (χ2v) is 4.23. The van der Waals surface area contributed by atoms with E-state index in [9.17, 15) is 4.79 Å². The van der Waals surface area contributed by atoms with Crippen molar-refractivity contribution in [2.75, 3.05) is 33.4 Å². The molecule has 106 valence electrons. The van der Waals surface area contributed by atoms with Crippen LogP contribution in [-0.2, 0) is 16.0 Å². The van der Waals surface area contributed by atoms with E-state index < -0.39 is 0 Å². The third kappa shape index (κ3) is 5.28. The van der Waals surface area contributed by atoms with Crippen LogP contribution in [0.2, 0.25) is 0 Å². The molecule has 0 aromatic heterocycles. The molecule has 0 unspecified atom stereocenters. The highest BCUT2D eigenvalue weighted by Crippen LogP contribution is 2.23. The fourth-order valence-corrected chi connectivity index (χ4v) is 1.75. The van der Waals surface area contributed by atoms with Gasteiger partial charge < -0.3 is 20.5 Å². The molecule has 0 spiro atoms. The van der Waals surface area contributed by atoms with Crippen molar-refractivity contribution in [3.63, 3.8) is 0 Å². The summed E-state index contributed by atoms with van der Waals surface area (Å²) in [7, 11) is 1.59. The smallest absolute Gasteiger partial charge is 0.258 e. The first-order valence-corrected chi connectivity index (χ1v) is 6.36. The van der Waals surface area contributed by atoms with Gasteiger partial charge in [0, 0.05) is 13.7 Å². The molecule has 3 N–H and O–H groups in total. The monoisotopic (exact) mass is 266 g/mol. The van der Waals surface area contributed by atoms with E-state index in [1.54, 1.807) is 7.11 Å². The lowest BCUT2D eigenvalue weighted by atomic mass is 10.1. The van der Waals surface area contributed by atoms with Gasteiger partial charge in [-0.15, -0.1) is 0 Å². The van der Waals surface area contributed by atoms with Gasteiger partial charge in [0.2, 0.25) is 0 Å². The Morgan fingerprint density at radius 1 is 1.42 bits per heavy atom. The predicted molar refractivity (Wildman–Crippen MR) is 74.3 cm³/mol. The van der Waals surface area contributed by atoms with Crippen molar-refractivity contribution in [2.45, 2.75) is 13.3 Å². The average molecular weight is 266 g/mol. The lowest BCUT2D eigenvalue weighted by molar-refractivity contribution is -0.123. The van der Waals surface area contributed by atoms with Crippen molar-refractivity contribution in [2.24, 2.45) is 5.73 Å². The fraction of sp³-hybridized carbons (Fsp3) is 0.500. The Bertz CT molecular complexity index is 408. The minimum Gasteiger partial charge on any atom is -0.483 e. The van der Waals surface area contributed by atoms with E-state index >= 15 is 0 Å². The molecule has 0 saturated heterocycles. The maximum atomic E-state index is 11.6. The molecule has 5 nitrogen and oxygen atoms in total. The Morgan fingerprint density at radius 3 is 2.89 bits per heavy atom. The first-order valence-electron chi connectivity index (χ1n) is 6.36. The van der Waals surface area contributed by atoms with Crippen LogP contribution >= 0.6 is 0 Å². The third-order valence-corrected chi connectivity index (χ3v) is 2.68. The van der Waals surface area contributed by atoms with Gasteiger partial charge >= 0.3 is 0 Å². The maximum Gasteiger partial charge on any atom is 0.258 e. The average Bonchev–Trinajstić information content (AvgIpc) is 2.39. The third-order valence-electron chi connectivity index (χ3n) is 2.68. The summed E-state index contributed by atoms with van der Waals surface area (Å²) in [5.74, 6) is 0.605. The highest BCUT2D eigenvalue weighted by Gasteiger charge is 2.08. The molecule has 0 saturated carbocycles. The molecule has 0 aliphatic rings. The van der Waals surface area contributed by atoms with Crippen LogP contribution in [0.4, 0.5) is 0 Å². The van der Waals surface area contributed by atoms with Crippen molar-refractivity contribution in [3.8, 4) is 5.75 Å². The molecule has 0 heterocycles. The van der Waals surface area contributed by atoms with Crippen LogP contribution in [-0.4, -0.2) is 39.3 Å². The van der Waals surface area contributed by atoms with E-state index in [1.807, 2.05) is 25.1 Å². The Morgan fingerprint density at radius 2 is 2.21 bits per heavy atom. The Labute approximate surface area is 114 Å². The Balaban J connectivity index is 2.54. The summed E-state index contributed by atoms with van der Waals surface area (Å²) in [6.07, 6.45) is 0.738. The molecule has 1 aromatic rings. The zero-order valence-electron chi connectivity index (χ0n) is 11.6. The van der Waals surface area contributed by atoms with Crippen molar-refractivity contribution < 1.29 is 14.3 Å². The Hall–Kier alpha value is -1.59. The highest BCUT2D eigenvalue weighted by atomic mass is 16.5. The molecular formula is C14H22N2O3. The van der Waals surface area contributed by atoms with E-state index in [2.05, 4.69) is 5.32 Å². The number of carbonyl (C=O) groups excluding carboxylic acids is 1. The standard InChI is InChI=1S/C14H22N2O3/c1-11-4-3-5-12(6-7-15)14(11)19-10-13(17)16-8-9-18-2/h3-5H,6-10,15H2,1-2H3,(H,16,17). The quantitative estimate of drug-likeness (QED) is 0.677. The predicted octanol–water partition coefficient (Wildman–Crippen LogP) is 0.638. The van der Waals surface area contributed by atoms with E-state index in [4.69, 9.17) is 15.2 Å². The lowest BCUT2D eigenvalue weighted by Crippen LogP contribution is -2.31. The number of aryl methyl sites for hydroxylation is 1.